The largest absolute Gasteiger partial charge is 0.465 e. The maximum Gasteiger partial charge on any atom is 0.339 e. The molecule has 104 valence electrons. The lowest BCUT2D eigenvalue weighted by atomic mass is 10.2. The number of ether oxygens (including phenoxy) is 1. The summed E-state index contributed by atoms with van der Waals surface area (Å²) in [4.78, 5) is 15.3. The van der Waals surface area contributed by atoms with Crippen LogP contribution in [-0.2, 0) is 14.8 Å². The Morgan fingerprint density at radius 2 is 1.95 bits per heavy atom. The molecule has 0 aliphatic carbocycles. The molecule has 1 aromatic heterocycles. The highest BCUT2D eigenvalue weighted by Gasteiger charge is 2.22. The summed E-state index contributed by atoms with van der Waals surface area (Å²) >= 11 is 0. The van der Waals surface area contributed by atoms with Crippen LogP contribution in [0.15, 0.2) is 53.7 Å². The summed E-state index contributed by atoms with van der Waals surface area (Å²) in [6.45, 7) is 0. The van der Waals surface area contributed by atoms with E-state index in [1.54, 1.807) is 18.2 Å². The SMILES string of the molecule is COC(=O)c1ccccc1S(=O)(=O)Nc1cccnc1. The second-order valence-corrected chi connectivity index (χ2v) is 5.49. The summed E-state index contributed by atoms with van der Waals surface area (Å²) in [5.41, 5.74) is 0.290. The number of carbonyl (C=O) groups excluding carboxylic acids is 1. The topological polar surface area (TPSA) is 85.4 Å². The zero-order valence-corrected chi connectivity index (χ0v) is 11.4. The quantitative estimate of drug-likeness (QED) is 0.866. The number of pyridine rings is 1. The predicted octanol–water partition coefficient (Wildman–Crippen LogP) is 1.67. The van der Waals surface area contributed by atoms with Gasteiger partial charge in [0.25, 0.3) is 10.0 Å². The van der Waals surface area contributed by atoms with E-state index in [1.165, 1.54) is 37.7 Å². The number of nitrogens with zero attached hydrogens (tertiary/aromatic N) is 1. The molecule has 0 unspecified atom stereocenters. The average molecular weight is 292 g/mol. The maximum atomic E-state index is 12.3. The van der Waals surface area contributed by atoms with Gasteiger partial charge in [-0.05, 0) is 24.3 Å². The van der Waals surface area contributed by atoms with E-state index in [9.17, 15) is 13.2 Å². The molecule has 0 radical (unpaired) electrons. The van der Waals surface area contributed by atoms with Gasteiger partial charge in [0, 0.05) is 6.20 Å². The minimum absolute atomic E-state index is 0.0219. The van der Waals surface area contributed by atoms with Crippen molar-refractivity contribution in [2.24, 2.45) is 0 Å². The van der Waals surface area contributed by atoms with E-state index in [0.29, 0.717) is 5.69 Å². The van der Waals surface area contributed by atoms with Crippen molar-refractivity contribution in [1.29, 1.82) is 0 Å². The lowest BCUT2D eigenvalue weighted by Gasteiger charge is -2.10. The van der Waals surface area contributed by atoms with Gasteiger partial charge >= 0.3 is 5.97 Å². The molecule has 6 nitrogen and oxygen atoms in total. The van der Waals surface area contributed by atoms with E-state index in [1.807, 2.05) is 0 Å². The first-order chi connectivity index (χ1) is 9.54. The summed E-state index contributed by atoms with van der Waals surface area (Å²) in [5.74, 6) is -0.711. The summed E-state index contributed by atoms with van der Waals surface area (Å²) in [7, 11) is -2.70. The van der Waals surface area contributed by atoms with Gasteiger partial charge < -0.3 is 4.74 Å². The van der Waals surface area contributed by atoms with Crippen molar-refractivity contribution in [1.82, 2.24) is 4.98 Å². The summed E-state index contributed by atoms with van der Waals surface area (Å²) in [6, 6.07) is 8.99. The van der Waals surface area contributed by atoms with Gasteiger partial charge in [-0.2, -0.15) is 0 Å². The Balaban J connectivity index is 2.42. The Bertz CT molecular complexity index is 714. The van der Waals surface area contributed by atoms with Crippen molar-refractivity contribution in [3.63, 3.8) is 0 Å². The third kappa shape index (κ3) is 2.94. The van der Waals surface area contributed by atoms with Crippen LogP contribution in [0.4, 0.5) is 5.69 Å². The number of aromatic nitrogens is 1. The van der Waals surface area contributed by atoms with E-state index in [-0.39, 0.29) is 10.5 Å². The zero-order valence-electron chi connectivity index (χ0n) is 10.6. The monoisotopic (exact) mass is 292 g/mol. The first-order valence-electron chi connectivity index (χ1n) is 5.65. The number of hydrogen-bond donors (Lipinski definition) is 1. The molecule has 2 rings (SSSR count). The number of esters is 1. The fourth-order valence-electron chi connectivity index (χ4n) is 1.61. The number of nitrogens with one attached hydrogen (secondary N) is 1. The molecule has 0 aliphatic rings. The number of sulfonamides is 1. The summed E-state index contributed by atoms with van der Waals surface area (Å²) in [6.07, 6.45) is 2.90. The molecule has 0 bridgehead atoms. The van der Waals surface area contributed by atoms with Gasteiger partial charge in [0.05, 0.1) is 24.6 Å². The highest BCUT2D eigenvalue weighted by atomic mass is 32.2. The predicted molar refractivity (Wildman–Crippen MR) is 72.8 cm³/mol. The first kappa shape index (κ1) is 14.0. The standard InChI is InChI=1S/C13H12N2O4S/c1-19-13(16)11-6-2-3-7-12(11)20(17,18)15-10-5-4-8-14-9-10/h2-9,15H,1H3. The van der Waals surface area contributed by atoms with Crippen molar-refractivity contribution >= 4 is 21.7 Å². The van der Waals surface area contributed by atoms with Crippen LogP contribution in [0.5, 0.6) is 0 Å². The molecule has 1 N–H and O–H groups in total. The molecule has 0 aliphatic heterocycles. The number of benzene rings is 1. The van der Waals surface area contributed by atoms with Crippen molar-refractivity contribution in [3.8, 4) is 0 Å². The second kappa shape index (κ2) is 5.70. The first-order valence-corrected chi connectivity index (χ1v) is 7.13. The van der Waals surface area contributed by atoms with Gasteiger partial charge in [-0.1, -0.05) is 12.1 Å². The van der Waals surface area contributed by atoms with Crippen LogP contribution in [-0.4, -0.2) is 26.5 Å². The molecule has 0 spiro atoms. The smallest absolute Gasteiger partial charge is 0.339 e. The van der Waals surface area contributed by atoms with Gasteiger partial charge in [0.1, 0.15) is 4.90 Å². The Kier molecular flexibility index (Phi) is 3.99. The molecule has 2 aromatic rings. The third-order valence-electron chi connectivity index (χ3n) is 2.50. The fraction of sp³-hybridized carbons (Fsp3) is 0.0769. The summed E-state index contributed by atoms with van der Waals surface area (Å²) in [5, 5.41) is 0. The van der Waals surface area contributed by atoms with Crippen LogP contribution >= 0.6 is 0 Å². The number of hydrogen-bond acceptors (Lipinski definition) is 5. The molecular weight excluding hydrogens is 280 g/mol. The third-order valence-corrected chi connectivity index (χ3v) is 3.94. The molecule has 0 amide bonds. The average Bonchev–Trinajstić information content (AvgIpc) is 2.47. The lowest BCUT2D eigenvalue weighted by Crippen LogP contribution is -2.17. The number of anilines is 1. The minimum atomic E-state index is -3.89. The molecule has 7 heteroatoms. The molecule has 20 heavy (non-hydrogen) atoms. The molecule has 1 heterocycles. The van der Waals surface area contributed by atoms with Crippen LogP contribution in [0.1, 0.15) is 10.4 Å². The van der Waals surface area contributed by atoms with Crippen LogP contribution in [0.3, 0.4) is 0 Å². The summed E-state index contributed by atoms with van der Waals surface area (Å²) < 4.78 is 31.5. The Labute approximate surface area is 116 Å². The van der Waals surface area contributed by atoms with E-state index < -0.39 is 16.0 Å². The number of methoxy groups -OCH3 is 1. The van der Waals surface area contributed by atoms with Gasteiger partial charge in [0.15, 0.2) is 0 Å². The Morgan fingerprint density at radius 3 is 2.60 bits per heavy atom. The number of carbonyl (C=O) groups is 1. The minimum Gasteiger partial charge on any atom is -0.465 e. The number of rotatable bonds is 4. The van der Waals surface area contributed by atoms with Crippen molar-refractivity contribution in [2.45, 2.75) is 4.90 Å². The highest BCUT2D eigenvalue weighted by Crippen LogP contribution is 2.19. The fourth-order valence-corrected chi connectivity index (χ4v) is 2.85. The normalized spacial score (nSPS) is 10.8. The van der Waals surface area contributed by atoms with Crippen LogP contribution in [0.2, 0.25) is 0 Å². The molecule has 0 saturated heterocycles. The zero-order chi connectivity index (χ0) is 14.6. The van der Waals surface area contributed by atoms with E-state index in [0.717, 1.165) is 0 Å². The van der Waals surface area contributed by atoms with Crippen molar-refractivity contribution in [2.75, 3.05) is 11.8 Å². The molecule has 0 saturated carbocycles. The van der Waals surface area contributed by atoms with Crippen LogP contribution < -0.4 is 4.72 Å². The van der Waals surface area contributed by atoms with E-state index in [4.69, 9.17) is 0 Å². The molecule has 0 atom stereocenters. The van der Waals surface area contributed by atoms with Gasteiger partial charge in [0.2, 0.25) is 0 Å². The van der Waals surface area contributed by atoms with Gasteiger partial charge in [-0.15, -0.1) is 0 Å². The molecule has 1 aromatic carbocycles. The molecule has 0 fully saturated rings. The van der Waals surface area contributed by atoms with Crippen molar-refractivity contribution in [3.05, 3.63) is 54.4 Å². The second-order valence-electron chi connectivity index (χ2n) is 3.83. The van der Waals surface area contributed by atoms with E-state index >= 15 is 0 Å². The molecular formula is C13H12N2O4S. The van der Waals surface area contributed by atoms with Crippen LogP contribution in [0.25, 0.3) is 0 Å². The Morgan fingerprint density at radius 1 is 1.20 bits per heavy atom. The highest BCUT2D eigenvalue weighted by molar-refractivity contribution is 7.92. The Hall–Kier alpha value is -2.41. The van der Waals surface area contributed by atoms with Gasteiger partial charge in [-0.3, -0.25) is 9.71 Å². The maximum absolute atomic E-state index is 12.3. The van der Waals surface area contributed by atoms with Crippen LogP contribution in [0, 0.1) is 0 Å². The van der Waals surface area contributed by atoms with Crippen molar-refractivity contribution < 1.29 is 17.9 Å². The van der Waals surface area contributed by atoms with E-state index in [2.05, 4.69) is 14.4 Å². The van der Waals surface area contributed by atoms with Gasteiger partial charge in [-0.25, -0.2) is 13.2 Å². The lowest BCUT2D eigenvalue weighted by molar-refractivity contribution is 0.0596.